The zero-order valence-corrected chi connectivity index (χ0v) is 8.61. The van der Waals surface area contributed by atoms with E-state index in [1.807, 2.05) is 18.5 Å². The predicted octanol–water partition coefficient (Wildman–Crippen LogP) is 1.28. The maximum absolute atomic E-state index is 5.41. The third-order valence-corrected chi connectivity index (χ3v) is 2.36. The largest absolute Gasteiger partial charge is 0.329 e. The molecule has 0 aliphatic rings. The average Bonchev–Trinajstić information content (AvgIpc) is 2.29. The summed E-state index contributed by atoms with van der Waals surface area (Å²) in [6.07, 6.45) is 3.70. The van der Waals surface area contributed by atoms with Crippen molar-refractivity contribution >= 4 is 10.8 Å². The second-order valence-electron chi connectivity index (χ2n) is 3.52. The average molecular weight is 201 g/mol. The molecular formula is C12H15N3. The summed E-state index contributed by atoms with van der Waals surface area (Å²) in [5, 5.41) is 5.69. The second kappa shape index (κ2) is 4.87. The smallest absolute Gasteiger partial charge is 0.0346 e. The van der Waals surface area contributed by atoms with E-state index in [0.29, 0.717) is 6.54 Å². The zero-order valence-electron chi connectivity index (χ0n) is 8.61. The number of rotatable bonds is 4. The lowest BCUT2D eigenvalue weighted by Gasteiger charge is -2.04. The van der Waals surface area contributed by atoms with E-state index in [-0.39, 0.29) is 0 Å². The summed E-state index contributed by atoms with van der Waals surface area (Å²) in [4.78, 5) is 4.09. The van der Waals surface area contributed by atoms with Gasteiger partial charge in [0.05, 0.1) is 0 Å². The number of hydrogen-bond donors (Lipinski definition) is 2. The van der Waals surface area contributed by atoms with E-state index < -0.39 is 0 Å². The van der Waals surface area contributed by atoms with Gasteiger partial charge in [0.15, 0.2) is 0 Å². The molecule has 0 aliphatic heterocycles. The molecule has 3 N–H and O–H groups in total. The third-order valence-electron chi connectivity index (χ3n) is 2.36. The number of pyridine rings is 1. The summed E-state index contributed by atoms with van der Waals surface area (Å²) in [6.45, 7) is 2.40. The number of aromatic nitrogens is 1. The monoisotopic (exact) mass is 201 g/mol. The van der Waals surface area contributed by atoms with Crippen LogP contribution in [0.3, 0.4) is 0 Å². The maximum Gasteiger partial charge on any atom is 0.0346 e. The third kappa shape index (κ3) is 2.52. The summed E-state index contributed by atoms with van der Waals surface area (Å²) >= 11 is 0. The number of nitrogens with zero attached hydrogens (tertiary/aromatic N) is 1. The van der Waals surface area contributed by atoms with Crippen molar-refractivity contribution in [1.29, 1.82) is 0 Å². The van der Waals surface area contributed by atoms with Crippen LogP contribution >= 0.6 is 0 Å². The first-order chi connectivity index (χ1) is 7.40. The number of nitrogens with two attached hydrogens (primary N) is 1. The summed E-state index contributed by atoms with van der Waals surface area (Å²) < 4.78 is 0. The van der Waals surface area contributed by atoms with Crippen molar-refractivity contribution < 1.29 is 0 Å². The van der Waals surface area contributed by atoms with Gasteiger partial charge in [-0.3, -0.25) is 4.98 Å². The topological polar surface area (TPSA) is 50.9 Å². The lowest BCUT2D eigenvalue weighted by Crippen LogP contribution is -2.21. The first kappa shape index (κ1) is 10.1. The molecule has 3 heteroatoms. The van der Waals surface area contributed by atoms with E-state index in [0.717, 1.165) is 13.1 Å². The summed E-state index contributed by atoms with van der Waals surface area (Å²) in [5.74, 6) is 0. The molecule has 0 saturated heterocycles. The Morgan fingerprint density at radius 3 is 3.00 bits per heavy atom. The number of fused-ring (bicyclic) bond motifs is 1. The van der Waals surface area contributed by atoms with Crippen LogP contribution in [0.4, 0.5) is 0 Å². The Morgan fingerprint density at radius 2 is 2.13 bits per heavy atom. The van der Waals surface area contributed by atoms with Crippen molar-refractivity contribution in [3.63, 3.8) is 0 Å². The summed E-state index contributed by atoms with van der Waals surface area (Å²) in [5.41, 5.74) is 6.69. The summed E-state index contributed by atoms with van der Waals surface area (Å²) in [6, 6.07) is 8.43. The molecule has 0 bridgehead atoms. The fourth-order valence-electron chi connectivity index (χ4n) is 1.58. The molecule has 15 heavy (non-hydrogen) atoms. The summed E-state index contributed by atoms with van der Waals surface area (Å²) in [7, 11) is 0. The van der Waals surface area contributed by atoms with E-state index in [4.69, 9.17) is 5.73 Å². The molecule has 2 aromatic rings. The minimum atomic E-state index is 0.678. The molecule has 0 aliphatic carbocycles. The van der Waals surface area contributed by atoms with Crippen molar-refractivity contribution in [1.82, 2.24) is 10.3 Å². The number of hydrogen-bond acceptors (Lipinski definition) is 3. The maximum atomic E-state index is 5.41. The lowest BCUT2D eigenvalue weighted by molar-refractivity contribution is 0.695. The Kier molecular flexibility index (Phi) is 3.27. The van der Waals surface area contributed by atoms with E-state index in [2.05, 4.69) is 28.5 Å². The molecule has 1 aromatic heterocycles. The normalized spacial score (nSPS) is 10.7. The Labute approximate surface area is 89.3 Å². The van der Waals surface area contributed by atoms with Gasteiger partial charge in [0.2, 0.25) is 0 Å². The van der Waals surface area contributed by atoms with Gasteiger partial charge in [-0.05, 0) is 23.1 Å². The van der Waals surface area contributed by atoms with Crippen LogP contribution in [0.25, 0.3) is 10.8 Å². The van der Waals surface area contributed by atoms with Crippen LogP contribution in [0.15, 0.2) is 36.7 Å². The highest BCUT2D eigenvalue weighted by molar-refractivity contribution is 5.81. The van der Waals surface area contributed by atoms with Crippen molar-refractivity contribution in [2.45, 2.75) is 6.54 Å². The van der Waals surface area contributed by atoms with Crippen LogP contribution in [0.5, 0.6) is 0 Å². The second-order valence-corrected chi connectivity index (χ2v) is 3.52. The molecular weight excluding hydrogens is 186 g/mol. The fourth-order valence-corrected chi connectivity index (χ4v) is 1.58. The zero-order chi connectivity index (χ0) is 10.5. The molecule has 2 rings (SSSR count). The standard InChI is InChI=1S/C12H15N3/c13-4-6-15-8-10-1-2-12-9-14-5-3-11(12)7-10/h1-3,5,7,9,15H,4,6,8,13H2. The molecule has 78 valence electrons. The van der Waals surface area contributed by atoms with Crippen LogP contribution in [0.1, 0.15) is 5.56 Å². The Morgan fingerprint density at radius 1 is 1.20 bits per heavy atom. The van der Waals surface area contributed by atoms with Gasteiger partial charge in [0.25, 0.3) is 0 Å². The molecule has 0 amide bonds. The van der Waals surface area contributed by atoms with E-state index in [9.17, 15) is 0 Å². The van der Waals surface area contributed by atoms with E-state index in [1.165, 1.54) is 16.3 Å². The molecule has 0 fully saturated rings. The Balaban J connectivity index is 2.16. The Bertz CT molecular complexity index is 440. The molecule has 0 saturated carbocycles. The van der Waals surface area contributed by atoms with Crippen LogP contribution < -0.4 is 11.1 Å². The van der Waals surface area contributed by atoms with Crippen molar-refractivity contribution in [2.75, 3.05) is 13.1 Å². The highest BCUT2D eigenvalue weighted by atomic mass is 14.9. The SMILES string of the molecule is NCCNCc1ccc2cnccc2c1. The van der Waals surface area contributed by atoms with Crippen LogP contribution in [-0.4, -0.2) is 18.1 Å². The van der Waals surface area contributed by atoms with Crippen LogP contribution in [0.2, 0.25) is 0 Å². The van der Waals surface area contributed by atoms with Gasteiger partial charge in [0, 0.05) is 37.4 Å². The number of benzene rings is 1. The highest BCUT2D eigenvalue weighted by Crippen LogP contribution is 2.14. The van der Waals surface area contributed by atoms with Gasteiger partial charge < -0.3 is 11.1 Å². The van der Waals surface area contributed by atoms with E-state index in [1.54, 1.807) is 0 Å². The van der Waals surface area contributed by atoms with Gasteiger partial charge >= 0.3 is 0 Å². The number of nitrogens with one attached hydrogen (secondary N) is 1. The van der Waals surface area contributed by atoms with Crippen molar-refractivity contribution in [2.24, 2.45) is 5.73 Å². The molecule has 0 unspecified atom stereocenters. The molecule has 3 nitrogen and oxygen atoms in total. The quantitative estimate of drug-likeness (QED) is 0.733. The molecule has 0 radical (unpaired) electrons. The van der Waals surface area contributed by atoms with Gasteiger partial charge in [-0.2, -0.15) is 0 Å². The predicted molar refractivity (Wildman–Crippen MR) is 62.5 cm³/mol. The minimum Gasteiger partial charge on any atom is -0.329 e. The van der Waals surface area contributed by atoms with Crippen molar-refractivity contribution in [3.05, 3.63) is 42.2 Å². The molecule has 0 spiro atoms. The van der Waals surface area contributed by atoms with Gasteiger partial charge in [0.1, 0.15) is 0 Å². The first-order valence-corrected chi connectivity index (χ1v) is 5.13. The van der Waals surface area contributed by atoms with E-state index >= 15 is 0 Å². The first-order valence-electron chi connectivity index (χ1n) is 5.13. The van der Waals surface area contributed by atoms with Gasteiger partial charge in [-0.15, -0.1) is 0 Å². The molecule has 0 atom stereocenters. The van der Waals surface area contributed by atoms with Crippen molar-refractivity contribution in [3.8, 4) is 0 Å². The van der Waals surface area contributed by atoms with Crippen LogP contribution in [-0.2, 0) is 6.54 Å². The van der Waals surface area contributed by atoms with Crippen LogP contribution in [0, 0.1) is 0 Å². The Hall–Kier alpha value is -1.45. The van der Waals surface area contributed by atoms with Gasteiger partial charge in [-0.1, -0.05) is 12.1 Å². The van der Waals surface area contributed by atoms with Gasteiger partial charge in [-0.25, -0.2) is 0 Å². The lowest BCUT2D eigenvalue weighted by atomic mass is 10.1. The highest BCUT2D eigenvalue weighted by Gasteiger charge is 1.95. The molecule has 1 heterocycles. The minimum absolute atomic E-state index is 0.678. The fraction of sp³-hybridized carbons (Fsp3) is 0.250. The molecule has 1 aromatic carbocycles.